The Balaban J connectivity index is 2.32. The molecule has 0 aliphatic rings. The van der Waals surface area contributed by atoms with Gasteiger partial charge in [0.15, 0.2) is 0 Å². The van der Waals surface area contributed by atoms with Crippen LogP contribution in [-0.2, 0) is 0 Å². The number of hydrogen-bond donors (Lipinski definition) is 1. The summed E-state index contributed by atoms with van der Waals surface area (Å²) >= 11 is 0. The Kier molecular flexibility index (Phi) is 4.34. The highest BCUT2D eigenvalue weighted by molar-refractivity contribution is 5.83. The van der Waals surface area contributed by atoms with E-state index in [0.29, 0.717) is 6.04 Å². The van der Waals surface area contributed by atoms with Crippen molar-refractivity contribution in [1.29, 1.82) is 0 Å². The van der Waals surface area contributed by atoms with Crippen molar-refractivity contribution in [2.75, 3.05) is 27.2 Å². The zero-order chi connectivity index (χ0) is 13.0. The molecule has 2 nitrogen and oxygen atoms in total. The Labute approximate surface area is 110 Å². The van der Waals surface area contributed by atoms with Crippen LogP contribution in [0.1, 0.15) is 18.5 Å². The maximum atomic E-state index is 3.43. The number of rotatable bonds is 5. The summed E-state index contributed by atoms with van der Waals surface area (Å²) in [7, 11) is 4.27. The molecule has 0 amide bonds. The molecular formula is C16H22N2. The van der Waals surface area contributed by atoms with E-state index in [-0.39, 0.29) is 0 Å². The third-order valence-corrected chi connectivity index (χ3v) is 3.37. The normalized spacial score (nSPS) is 13.1. The molecule has 2 aromatic carbocycles. The van der Waals surface area contributed by atoms with Crippen molar-refractivity contribution in [3.63, 3.8) is 0 Å². The zero-order valence-corrected chi connectivity index (χ0v) is 11.5. The van der Waals surface area contributed by atoms with Crippen LogP contribution in [0.4, 0.5) is 0 Å². The van der Waals surface area contributed by atoms with Gasteiger partial charge in [0.05, 0.1) is 0 Å². The van der Waals surface area contributed by atoms with Crippen LogP contribution in [0.25, 0.3) is 10.8 Å². The smallest absolute Gasteiger partial charge is 0.0467 e. The second-order valence-corrected chi connectivity index (χ2v) is 4.89. The van der Waals surface area contributed by atoms with Crippen molar-refractivity contribution in [3.8, 4) is 0 Å². The van der Waals surface area contributed by atoms with Crippen LogP contribution >= 0.6 is 0 Å². The van der Waals surface area contributed by atoms with Gasteiger partial charge in [0.25, 0.3) is 0 Å². The van der Waals surface area contributed by atoms with E-state index in [1.54, 1.807) is 0 Å². The maximum Gasteiger partial charge on any atom is 0.0467 e. The van der Waals surface area contributed by atoms with Crippen molar-refractivity contribution in [1.82, 2.24) is 10.2 Å². The lowest BCUT2D eigenvalue weighted by Crippen LogP contribution is -2.30. The highest BCUT2D eigenvalue weighted by Crippen LogP contribution is 2.22. The van der Waals surface area contributed by atoms with Gasteiger partial charge < -0.3 is 10.2 Å². The second kappa shape index (κ2) is 5.98. The molecule has 2 aromatic rings. The first-order valence-corrected chi connectivity index (χ1v) is 6.58. The van der Waals surface area contributed by atoms with Gasteiger partial charge in [-0.25, -0.2) is 0 Å². The fraction of sp³-hybridized carbons (Fsp3) is 0.375. The molecule has 96 valence electrons. The summed E-state index contributed by atoms with van der Waals surface area (Å²) in [5.41, 5.74) is 1.37. The maximum absolute atomic E-state index is 3.43. The largest absolute Gasteiger partial charge is 0.315 e. The molecule has 0 spiro atoms. The van der Waals surface area contributed by atoms with Crippen molar-refractivity contribution < 1.29 is 0 Å². The quantitative estimate of drug-likeness (QED) is 0.867. The van der Waals surface area contributed by atoms with E-state index in [2.05, 4.69) is 73.7 Å². The lowest BCUT2D eigenvalue weighted by Gasteiger charge is -2.25. The fourth-order valence-electron chi connectivity index (χ4n) is 2.29. The van der Waals surface area contributed by atoms with Crippen LogP contribution in [0.15, 0.2) is 42.5 Å². The standard InChI is InChI=1S/C16H22N2/c1-4-17-12-16(18(2)3)15-10-9-13-7-5-6-8-14(13)11-15/h5-11,16-17H,4,12H2,1-3H3. The molecule has 0 fully saturated rings. The predicted molar refractivity (Wildman–Crippen MR) is 78.9 cm³/mol. The average Bonchev–Trinajstić information content (AvgIpc) is 2.38. The molecule has 0 aliphatic heterocycles. The van der Waals surface area contributed by atoms with Crippen LogP contribution in [0.2, 0.25) is 0 Å². The van der Waals surface area contributed by atoms with Crippen LogP contribution in [0.3, 0.4) is 0 Å². The van der Waals surface area contributed by atoms with Crippen LogP contribution < -0.4 is 5.32 Å². The summed E-state index contributed by atoms with van der Waals surface area (Å²) in [6, 6.07) is 15.7. The van der Waals surface area contributed by atoms with Crippen molar-refractivity contribution >= 4 is 10.8 Å². The molecule has 0 radical (unpaired) electrons. The average molecular weight is 242 g/mol. The molecule has 2 heteroatoms. The fourth-order valence-corrected chi connectivity index (χ4v) is 2.29. The number of benzene rings is 2. The summed E-state index contributed by atoms with van der Waals surface area (Å²) in [4.78, 5) is 2.27. The SMILES string of the molecule is CCNCC(c1ccc2ccccc2c1)N(C)C. The predicted octanol–water partition coefficient (Wildman–Crippen LogP) is 3.05. The van der Waals surface area contributed by atoms with E-state index < -0.39 is 0 Å². The molecule has 18 heavy (non-hydrogen) atoms. The van der Waals surface area contributed by atoms with Gasteiger partial charge in [-0.2, -0.15) is 0 Å². The van der Waals surface area contributed by atoms with E-state index in [1.165, 1.54) is 16.3 Å². The molecule has 1 N–H and O–H groups in total. The summed E-state index contributed by atoms with van der Waals surface area (Å²) in [6.07, 6.45) is 0. The van der Waals surface area contributed by atoms with E-state index >= 15 is 0 Å². The summed E-state index contributed by atoms with van der Waals surface area (Å²) in [6.45, 7) is 4.15. The number of nitrogens with one attached hydrogen (secondary N) is 1. The first-order valence-electron chi connectivity index (χ1n) is 6.58. The topological polar surface area (TPSA) is 15.3 Å². The number of nitrogens with zero attached hydrogens (tertiary/aromatic N) is 1. The molecular weight excluding hydrogens is 220 g/mol. The van der Waals surface area contributed by atoms with Gasteiger partial charge in [0.1, 0.15) is 0 Å². The Morgan fingerprint density at radius 3 is 2.44 bits per heavy atom. The van der Waals surface area contributed by atoms with Gasteiger partial charge in [-0.1, -0.05) is 43.3 Å². The van der Waals surface area contributed by atoms with Crippen LogP contribution in [-0.4, -0.2) is 32.1 Å². The van der Waals surface area contributed by atoms with Gasteiger partial charge in [-0.15, -0.1) is 0 Å². The number of hydrogen-bond acceptors (Lipinski definition) is 2. The van der Waals surface area contributed by atoms with E-state index in [1.807, 2.05) is 0 Å². The summed E-state index contributed by atoms with van der Waals surface area (Å²) in [5.74, 6) is 0. The summed E-state index contributed by atoms with van der Waals surface area (Å²) < 4.78 is 0. The lowest BCUT2D eigenvalue weighted by atomic mass is 10.0. The molecule has 0 aromatic heterocycles. The van der Waals surface area contributed by atoms with Gasteiger partial charge in [-0.3, -0.25) is 0 Å². The zero-order valence-electron chi connectivity index (χ0n) is 11.5. The Morgan fingerprint density at radius 1 is 1.06 bits per heavy atom. The highest BCUT2D eigenvalue weighted by atomic mass is 15.1. The van der Waals surface area contributed by atoms with E-state index in [0.717, 1.165) is 13.1 Å². The number of likely N-dealkylation sites (N-methyl/N-ethyl adjacent to an activating group) is 2. The molecule has 0 saturated heterocycles. The van der Waals surface area contributed by atoms with Gasteiger partial charge >= 0.3 is 0 Å². The van der Waals surface area contributed by atoms with E-state index in [9.17, 15) is 0 Å². The first-order chi connectivity index (χ1) is 8.72. The Hall–Kier alpha value is -1.38. The highest BCUT2D eigenvalue weighted by Gasteiger charge is 2.13. The van der Waals surface area contributed by atoms with Gasteiger partial charge in [0.2, 0.25) is 0 Å². The molecule has 0 aliphatic carbocycles. The van der Waals surface area contributed by atoms with Crippen molar-refractivity contribution in [3.05, 3.63) is 48.0 Å². The van der Waals surface area contributed by atoms with Crippen molar-refractivity contribution in [2.45, 2.75) is 13.0 Å². The Bertz CT molecular complexity index is 505. The monoisotopic (exact) mass is 242 g/mol. The van der Waals surface area contributed by atoms with Crippen LogP contribution in [0.5, 0.6) is 0 Å². The third kappa shape index (κ3) is 2.89. The van der Waals surface area contributed by atoms with Crippen molar-refractivity contribution in [2.24, 2.45) is 0 Å². The summed E-state index contributed by atoms with van der Waals surface area (Å²) in [5, 5.41) is 6.06. The molecule has 0 heterocycles. The van der Waals surface area contributed by atoms with Crippen LogP contribution in [0, 0.1) is 0 Å². The lowest BCUT2D eigenvalue weighted by molar-refractivity contribution is 0.290. The minimum Gasteiger partial charge on any atom is -0.315 e. The second-order valence-electron chi connectivity index (χ2n) is 4.89. The minimum absolute atomic E-state index is 0.426. The molecule has 0 bridgehead atoms. The molecule has 1 atom stereocenters. The molecule has 0 saturated carbocycles. The molecule has 1 unspecified atom stereocenters. The van der Waals surface area contributed by atoms with Gasteiger partial charge in [-0.05, 0) is 43.0 Å². The number of fused-ring (bicyclic) bond motifs is 1. The first kappa shape index (κ1) is 13.1. The Morgan fingerprint density at radius 2 is 1.78 bits per heavy atom. The molecule has 2 rings (SSSR count). The minimum atomic E-state index is 0.426. The van der Waals surface area contributed by atoms with E-state index in [4.69, 9.17) is 0 Å². The third-order valence-electron chi connectivity index (χ3n) is 3.37. The van der Waals surface area contributed by atoms with Gasteiger partial charge in [0, 0.05) is 12.6 Å².